The van der Waals surface area contributed by atoms with E-state index >= 15 is 0 Å². The minimum atomic E-state index is -1.28. The van der Waals surface area contributed by atoms with E-state index in [1.165, 1.54) is 0 Å². The maximum Gasteiger partial charge on any atom is 0.146 e. The van der Waals surface area contributed by atoms with Gasteiger partial charge in [0.25, 0.3) is 0 Å². The summed E-state index contributed by atoms with van der Waals surface area (Å²) in [6.45, 7) is 5.42. The van der Waals surface area contributed by atoms with Gasteiger partial charge in [0.2, 0.25) is 0 Å². The molecular formula is C15H23ClO4S. The predicted octanol–water partition coefficient (Wildman–Crippen LogP) is 3.02. The van der Waals surface area contributed by atoms with Gasteiger partial charge in [0.1, 0.15) is 11.5 Å². The zero-order chi connectivity index (χ0) is 15.7. The number of hydrogen-bond acceptors (Lipinski definition) is 4. The van der Waals surface area contributed by atoms with Gasteiger partial charge in [0, 0.05) is 17.4 Å². The summed E-state index contributed by atoms with van der Waals surface area (Å²) in [5.41, 5.74) is -0.438. The Balaban J connectivity index is 2.43. The summed E-state index contributed by atoms with van der Waals surface area (Å²) >= 11 is 6.38. The summed E-state index contributed by atoms with van der Waals surface area (Å²) in [7, 11) is 0.332. The summed E-state index contributed by atoms with van der Waals surface area (Å²) in [6, 6.07) is 9.22. The van der Waals surface area contributed by atoms with Crippen LogP contribution in [0.15, 0.2) is 35.2 Å². The molecule has 0 aromatic heterocycles. The molecule has 21 heavy (non-hydrogen) atoms. The first-order chi connectivity index (χ1) is 9.99. The smallest absolute Gasteiger partial charge is 0.146 e. The van der Waals surface area contributed by atoms with Gasteiger partial charge in [-0.05, 0) is 12.1 Å². The highest BCUT2D eigenvalue weighted by molar-refractivity contribution is 7.87. The molecule has 0 bridgehead atoms. The van der Waals surface area contributed by atoms with Crippen LogP contribution in [0.5, 0.6) is 0 Å². The van der Waals surface area contributed by atoms with Crippen molar-refractivity contribution in [3.8, 4) is 0 Å². The Morgan fingerprint density at radius 1 is 1.19 bits per heavy atom. The molecule has 0 aliphatic rings. The van der Waals surface area contributed by atoms with E-state index in [1.54, 1.807) is 7.11 Å². The van der Waals surface area contributed by atoms with Crippen molar-refractivity contribution in [2.24, 2.45) is 5.41 Å². The summed E-state index contributed by atoms with van der Waals surface area (Å²) in [4.78, 5) is 0.724. The fourth-order valence-electron chi connectivity index (χ4n) is 1.59. The highest BCUT2D eigenvalue weighted by Gasteiger charge is 2.33. The molecule has 0 amide bonds. The van der Waals surface area contributed by atoms with Crippen molar-refractivity contribution < 1.29 is 18.4 Å². The Kier molecular flexibility index (Phi) is 8.44. The lowest BCUT2D eigenvalue weighted by Crippen LogP contribution is -2.33. The van der Waals surface area contributed by atoms with Gasteiger partial charge in [0.15, 0.2) is 0 Å². The summed E-state index contributed by atoms with van der Waals surface area (Å²) in [6.07, 6.45) is 0. The van der Waals surface area contributed by atoms with Gasteiger partial charge >= 0.3 is 0 Å². The third-order valence-electron chi connectivity index (χ3n) is 2.85. The van der Waals surface area contributed by atoms with Crippen LogP contribution in [0.25, 0.3) is 0 Å². The van der Waals surface area contributed by atoms with E-state index in [9.17, 15) is 4.21 Å². The second-order valence-electron chi connectivity index (χ2n) is 5.28. The molecule has 0 aliphatic heterocycles. The fourth-order valence-corrected chi connectivity index (χ4v) is 3.28. The van der Waals surface area contributed by atoms with Crippen molar-refractivity contribution in [2.45, 2.75) is 23.5 Å². The molecule has 120 valence electrons. The van der Waals surface area contributed by atoms with Crippen LogP contribution >= 0.6 is 11.6 Å². The highest BCUT2D eigenvalue weighted by Crippen LogP contribution is 2.31. The number of methoxy groups -OCH3 is 1. The number of rotatable bonds is 10. The molecule has 0 N–H and O–H groups in total. The minimum Gasteiger partial charge on any atom is -0.382 e. The number of hydrogen-bond donors (Lipinski definition) is 0. The average Bonchev–Trinajstić information content (AvgIpc) is 2.50. The lowest BCUT2D eigenvalue weighted by molar-refractivity contribution is -0.0837. The summed E-state index contributed by atoms with van der Waals surface area (Å²) in [5.74, 6) is 0. The van der Waals surface area contributed by atoms with Gasteiger partial charge in [-0.1, -0.05) is 32.0 Å². The van der Waals surface area contributed by atoms with Gasteiger partial charge in [0.05, 0.1) is 30.6 Å². The molecule has 0 radical (unpaired) electrons. The van der Waals surface area contributed by atoms with E-state index in [2.05, 4.69) is 0 Å². The van der Waals surface area contributed by atoms with Crippen molar-refractivity contribution in [1.29, 1.82) is 0 Å². The second kappa shape index (κ2) is 9.54. The zero-order valence-corrected chi connectivity index (χ0v) is 14.3. The Morgan fingerprint density at radius 3 is 2.48 bits per heavy atom. The van der Waals surface area contributed by atoms with Crippen LogP contribution in [0.3, 0.4) is 0 Å². The lowest BCUT2D eigenvalue weighted by Gasteiger charge is -2.29. The van der Waals surface area contributed by atoms with E-state index < -0.39 is 20.9 Å². The summed E-state index contributed by atoms with van der Waals surface area (Å²) < 4.78 is 27.4. The molecule has 2 atom stereocenters. The first kappa shape index (κ1) is 18.6. The molecule has 0 saturated carbocycles. The molecule has 0 aliphatic carbocycles. The van der Waals surface area contributed by atoms with Gasteiger partial charge in [-0.25, -0.2) is 0 Å². The largest absolute Gasteiger partial charge is 0.382 e. The maximum absolute atomic E-state index is 12.4. The van der Waals surface area contributed by atoms with E-state index in [0.717, 1.165) is 4.90 Å². The van der Waals surface area contributed by atoms with Crippen LogP contribution in [0.2, 0.25) is 0 Å². The molecule has 0 saturated heterocycles. The van der Waals surface area contributed by atoms with Gasteiger partial charge in [-0.15, -0.1) is 11.6 Å². The standard InChI is InChI=1S/C15H23ClO4S/c1-15(2,11-20-12-19-10-9-18-3)14(16)21(17)13-7-5-4-6-8-13/h4-8,14H,9-12H2,1-3H3. The molecule has 1 rings (SSSR count). The van der Waals surface area contributed by atoms with Crippen molar-refractivity contribution in [1.82, 2.24) is 0 Å². The minimum absolute atomic E-state index is 0.175. The maximum atomic E-state index is 12.4. The van der Waals surface area contributed by atoms with Gasteiger partial charge in [-0.2, -0.15) is 0 Å². The predicted molar refractivity (Wildman–Crippen MR) is 84.9 cm³/mol. The van der Waals surface area contributed by atoms with Crippen LogP contribution in [-0.2, 0) is 25.0 Å². The number of halogens is 1. The van der Waals surface area contributed by atoms with E-state index in [1.807, 2.05) is 44.2 Å². The number of ether oxygens (including phenoxy) is 3. The normalized spacial score (nSPS) is 14.9. The van der Waals surface area contributed by atoms with Crippen molar-refractivity contribution >= 4 is 22.4 Å². The highest BCUT2D eigenvalue weighted by atomic mass is 35.5. The van der Waals surface area contributed by atoms with E-state index in [4.69, 9.17) is 25.8 Å². The topological polar surface area (TPSA) is 44.8 Å². The van der Waals surface area contributed by atoms with Crippen LogP contribution in [0, 0.1) is 5.41 Å². The molecular weight excluding hydrogens is 312 g/mol. The Morgan fingerprint density at radius 2 is 1.86 bits per heavy atom. The quantitative estimate of drug-likeness (QED) is 0.375. The fraction of sp³-hybridized carbons (Fsp3) is 0.600. The number of benzene rings is 1. The second-order valence-corrected chi connectivity index (χ2v) is 7.52. The van der Waals surface area contributed by atoms with E-state index in [-0.39, 0.29) is 6.79 Å². The van der Waals surface area contributed by atoms with E-state index in [0.29, 0.717) is 19.8 Å². The third kappa shape index (κ3) is 6.45. The SMILES string of the molecule is COCCOCOCC(C)(C)C(Cl)S(=O)c1ccccc1. The van der Waals surface area contributed by atoms with Gasteiger partial charge in [-0.3, -0.25) is 4.21 Å². The van der Waals surface area contributed by atoms with Gasteiger partial charge < -0.3 is 14.2 Å². The Hall–Kier alpha value is -0.460. The Bertz CT molecular complexity index is 425. The molecule has 0 fully saturated rings. The average molecular weight is 335 g/mol. The van der Waals surface area contributed by atoms with Crippen LogP contribution in [0.4, 0.5) is 0 Å². The Labute approximate surface area is 134 Å². The monoisotopic (exact) mass is 334 g/mol. The van der Waals surface area contributed by atoms with Crippen LogP contribution in [0.1, 0.15) is 13.8 Å². The molecule has 0 spiro atoms. The third-order valence-corrected chi connectivity index (χ3v) is 5.68. The van der Waals surface area contributed by atoms with Crippen molar-refractivity contribution in [3.63, 3.8) is 0 Å². The first-order valence-electron chi connectivity index (χ1n) is 6.73. The molecule has 1 aromatic carbocycles. The van der Waals surface area contributed by atoms with Crippen molar-refractivity contribution in [2.75, 3.05) is 33.7 Å². The van der Waals surface area contributed by atoms with Crippen LogP contribution in [-0.4, -0.2) is 42.6 Å². The lowest BCUT2D eigenvalue weighted by atomic mass is 9.98. The summed E-state index contributed by atoms with van der Waals surface area (Å²) in [5, 5.41) is 0. The molecule has 0 heterocycles. The number of alkyl halides is 1. The first-order valence-corrected chi connectivity index (χ1v) is 8.38. The zero-order valence-electron chi connectivity index (χ0n) is 12.7. The van der Waals surface area contributed by atoms with Crippen molar-refractivity contribution in [3.05, 3.63) is 30.3 Å². The molecule has 1 aromatic rings. The van der Waals surface area contributed by atoms with Crippen LogP contribution < -0.4 is 0 Å². The molecule has 4 nitrogen and oxygen atoms in total. The molecule has 6 heteroatoms. The molecule has 2 unspecified atom stereocenters.